The summed E-state index contributed by atoms with van der Waals surface area (Å²) in [6.07, 6.45) is 1.69. The van der Waals surface area contributed by atoms with Gasteiger partial charge in [-0.1, -0.05) is 18.2 Å². The Morgan fingerprint density at radius 2 is 2.10 bits per heavy atom. The summed E-state index contributed by atoms with van der Waals surface area (Å²) < 4.78 is 5.66. The van der Waals surface area contributed by atoms with Gasteiger partial charge in [-0.25, -0.2) is 5.43 Å². The van der Waals surface area contributed by atoms with Crippen LogP contribution in [0.5, 0.6) is 0 Å². The van der Waals surface area contributed by atoms with Crippen LogP contribution in [-0.2, 0) is 0 Å². The summed E-state index contributed by atoms with van der Waals surface area (Å²) in [5.74, 6) is 0.350. The lowest BCUT2D eigenvalue weighted by Crippen LogP contribution is -2.19. The number of furan rings is 1. The number of aromatic nitrogens is 1. The van der Waals surface area contributed by atoms with Gasteiger partial charge in [-0.3, -0.25) is 4.79 Å². The summed E-state index contributed by atoms with van der Waals surface area (Å²) in [6.45, 7) is 1.78. The first kappa shape index (κ1) is 12.2. The Morgan fingerprint density at radius 3 is 2.85 bits per heavy atom. The zero-order chi connectivity index (χ0) is 13.9. The number of nitrogens with one attached hydrogen (secondary N) is 2. The molecule has 100 valence electrons. The number of aromatic amines is 1. The molecule has 0 bridgehead atoms. The van der Waals surface area contributed by atoms with E-state index in [1.54, 1.807) is 25.3 Å². The molecule has 0 aliphatic heterocycles. The van der Waals surface area contributed by atoms with Gasteiger partial charge in [0.25, 0.3) is 5.91 Å². The molecule has 0 radical (unpaired) electrons. The van der Waals surface area contributed by atoms with Crippen molar-refractivity contribution in [3.05, 3.63) is 60.1 Å². The minimum atomic E-state index is -0.287. The first-order valence-corrected chi connectivity index (χ1v) is 6.21. The number of H-pyrrole nitrogens is 1. The van der Waals surface area contributed by atoms with Crippen LogP contribution in [0.3, 0.4) is 0 Å². The fourth-order valence-electron chi connectivity index (χ4n) is 1.88. The lowest BCUT2D eigenvalue weighted by Gasteiger charge is -1.98. The van der Waals surface area contributed by atoms with Crippen LogP contribution in [0.2, 0.25) is 0 Å². The zero-order valence-electron chi connectivity index (χ0n) is 10.9. The number of amides is 1. The number of hydrogen-bond acceptors (Lipinski definition) is 3. The van der Waals surface area contributed by atoms with Gasteiger partial charge in [-0.15, -0.1) is 0 Å². The van der Waals surface area contributed by atoms with E-state index < -0.39 is 0 Å². The van der Waals surface area contributed by atoms with E-state index in [1.807, 2.05) is 30.3 Å². The van der Waals surface area contributed by atoms with Crippen LogP contribution in [0.25, 0.3) is 11.0 Å². The van der Waals surface area contributed by atoms with E-state index in [4.69, 9.17) is 4.42 Å². The average Bonchev–Trinajstić information content (AvgIpc) is 3.12. The van der Waals surface area contributed by atoms with Crippen molar-refractivity contribution in [3.8, 4) is 0 Å². The van der Waals surface area contributed by atoms with Crippen LogP contribution in [0, 0.1) is 0 Å². The second kappa shape index (κ2) is 5.05. The molecule has 2 heterocycles. The highest BCUT2D eigenvalue weighted by Crippen LogP contribution is 2.19. The molecule has 1 aromatic carbocycles. The van der Waals surface area contributed by atoms with Crippen molar-refractivity contribution >= 4 is 22.6 Å². The van der Waals surface area contributed by atoms with Crippen molar-refractivity contribution in [3.63, 3.8) is 0 Å². The summed E-state index contributed by atoms with van der Waals surface area (Å²) in [5, 5.41) is 5.06. The van der Waals surface area contributed by atoms with Crippen molar-refractivity contribution in [1.82, 2.24) is 10.4 Å². The molecule has 0 atom stereocenters. The zero-order valence-corrected chi connectivity index (χ0v) is 10.9. The molecule has 0 spiro atoms. The molecule has 0 unspecified atom stereocenters. The normalized spacial score (nSPS) is 11.8. The predicted octanol–water partition coefficient (Wildman–Crippen LogP) is 2.91. The Morgan fingerprint density at radius 1 is 1.25 bits per heavy atom. The number of carbonyl (C=O) groups is 1. The number of para-hydroxylation sites is 1. The molecule has 5 heteroatoms. The van der Waals surface area contributed by atoms with E-state index in [-0.39, 0.29) is 5.91 Å². The molecule has 3 rings (SSSR count). The molecule has 0 saturated heterocycles. The van der Waals surface area contributed by atoms with Gasteiger partial charge in [0.15, 0.2) is 5.76 Å². The second-order valence-electron chi connectivity index (χ2n) is 4.37. The number of rotatable bonds is 3. The number of hydrogen-bond donors (Lipinski definition) is 2. The minimum absolute atomic E-state index is 0.287. The summed E-state index contributed by atoms with van der Waals surface area (Å²) >= 11 is 0. The monoisotopic (exact) mass is 267 g/mol. The second-order valence-corrected chi connectivity index (χ2v) is 4.37. The Labute approximate surface area is 115 Å². The highest BCUT2D eigenvalue weighted by molar-refractivity contribution is 6.01. The quantitative estimate of drug-likeness (QED) is 0.565. The van der Waals surface area contributed by atoms with Gasteiger partial charge in [0.05, 0.1) is 0 Å². The number of fused-ring (bicyclic) bond motifs is 1. The number of benzene rings is 1. The molecule has 1 amide bonds. The van der Waals surface area contributed by atoms with Crippen LogP contribution < -0.4 is 5.43 Å². The average molecular weight is 267 g/mol. The van der Waals surface area contributed by atoms with Gasteiger partial charge in [-0.2, -0.15) is 5.10 Å². The third-order valence-electron chi connectivity index (χ3n) is 2.95. The van der Waals surface area contributed by atoms with E-state index in [2.05, 4.69) is 15.5 Å². The molecule has 20 heavy (non-hydrogen) atoms. The van der Waals surface area contributed by atoms with Crippen LogP contribution in [0.15, 0.2) is 58.2 Å². The van der Waals surface area contributed by atoms with Crippen molar-refractivity contribution in [2.75, 3.05) is 0 Å². The summed E-state index contributed by atoms with van der Waals surface area (Å²) in [4.78, 5) is 14.6. The summed E-state index contributed by atoms with van der Waals surface area (Å²) in [7, 11) is 0. The van der Waals surface area contributed by atoms with Gasteiger partial charge in [0.2, 0.25) is 0 Å². The first-order chi connectivity index (χ1) is 9.74. The van der Waals surface area contributed by atoms with Crippen LogP contribution >= 0.6 is 0 Å². The SMILES string of the molecule is C/C(=N/NC(=O)c1ccc[nH]1)c1cc2ccccc2o1. The maximum Gasteiger partial charge on any atom is 0.287 e. The fraction of sp³-hybridized carbons (Fsp3) is 0.0667. The van der Waals surface area contributed by atoms with E-state index in [1.165, 1.54) is 0 Å². The fourth-order valence-corrected chi connectivity index (χ4v) is 1.88. The Bertz CT molecular complexity index is 736. The summed E-state index contributed by atoms with van der Waals surface area (Å²) in [6, 6.07) is 13.0. The Balaban J connectivity index is 1.79. The third kappa shape index (κ3) is 2.33. The molecular formula is C15H13N3O2. The molecule has 3 aromatic rings. The van der Waals surface area contributed by atoms with Crippen LogP contribution in [0.1, 0.15) is 23.2 Å². The molecule has 0 saturated carbocycles. The highest BCUT2D eigenvalue weighted by Gasteiger charge is 2.08. The van der Waals surface area contributed by atoms with Crippen molar-refractivity contribution < 1.29 is 9.21 Å². The van der Waals surface area contributed by atoms with E-state index in [0.717, 1.165) is 11.0 Å². The van der Waals surface area contributed by atoms with Crippen LogP contribution in [0.4, 0.5) is 0 Å². The lowest BCUT2D eigenvalue weighted by molar-refractivity contribution is 0.0950. The van der Waals surface area contributed by atoms with Gasteiger partial charge in [0.1, 0.15) is 17.0 Å². The number of nitrogens with zero attached hydrogens (tertiary/aromatic N) is 1. The number of carbonyl (C=O) groups excluding carboxylic acids is 1. The topological polar surface area (TPSA) is 70.4 Å². The van der Waals surface area contributed by atoms with Gasteiger partial charge >= 0.3 is 0 Å². The van der Waals surface area contributed by atoms with Crippen molar-refractivity contribution in [2.45, 2.75) is 6.92 Å². The predicted molar refractivity (Wildman–Crippen MR) is 76.7 cm³/mol. The van der Waals surface area contributed by atoms with E-state index in [9.17, 15) is 4.79 Å². The first-order valence-electron chi connectivity index (χ1n) is 6.21. The van der Waals surface area contributed by atoms with E-state index >= 15 is 0 Å². The maximum absolute atomic E-state index is 11.7. The third-order valence-corrected chi connectivity index (χ3v) is 2.95. The smallest absolute Gasteiger partial charge is 0.287 e. The molecular weight excluding hydrogens is 254 g/mol. The molecule has 0 aliphatic rings. The highest BCUT2D eigenvalue weighted by atomic mass is 16.3. The van der Waals surface area contributed by atoms with Gasteiger partial charge < -0.3 is 9.40 Å². The van der Waals surface area contributed by atoms with E-state index in [0.29, 0.717) is 17.2 Å². The van der Waals surface area contributed by atoms with Crippen molar-refractivity contribution in [2.24, 2.45) is 5.10 Å². The summed E-state index contributed by atoms with van der Waals surface area (Å²) in [5.41, 5.74) is 4.36. The number of hydrazone groups is 1. The maximum atomic E-state index is 11.7. The van der Waals surface area contributed by atoms with Gasteiger partial charge in [-0.05, 0) is 31.2 Å². The largest absolute Gasteiger partial charge is 0.455 e. The minimum Gasteiger partial charge on any atom is -0.455 e. The Kier molecular flexibility index (Phi) is 3.09. The van der Waals surface area contributed by atoms with Crippen LogP contribution in [-0.4, -0.2) is 16.6 Å². The van der Waals surface area contributed by atoms with Gasteiger partial charge in [0, 0.05) is 11.6 Å². The molecule has 5 nitrogen and oxygen atoms in total. The Hall–Kier alpha value is -2.82. The van der Waals surface area contributed by atoms with Crippen molar-refractivity contribution in [1.29, 1.82) is 0 Å². The standard InChI is InChI=1S/C15H13N3O2/c1-10(17-18-15(19)12-6-4-8-16-12)14-9-11-5-2-3-7-13(11)20-14/h2-9,16H,1H3,(H,18,19)/b17-10-. The molecule has 2 aromatic heterocycles. The molecule has 2 N–H and O–H groups in total. The lowest BCUT2D eigenvalue weighted by atomic mass is 10.2. The molecule has 0 aliphatic carbocycles. The molecule has 0 fully saturated rings.